The first kappa shape index (κ1) is 31.0. The Morgan fingerprint density at radius 1 is 1.00 bits per heavy atom. The molecule has 0 amide bonds. The zero-order valence-electron chi connectivity index (χ0n) is 24.4. The maximum absolute atomic E-state index is 9.88. The van der Waals surface area contributed by atoms with E-state index in [0.717, 1.165) is 69.2 Å². The van der Waals surface area contributed by atoms with Crippen LogP contribution in [0.1, 0.15) is 37.7 Å². The minimum Gasteiger partial charge on any atom is -0.495 e. The Labute approximate surface area is 239 Å². The first-order chi connectivity index (χ1) is 19.6. The third-order valence-corrected chi connectivity index (χ3v) is 7.70. The molecule has 3 aliphatic rings. The number of fused-ring (bicyclic) bond motifs is 1. The van der Waals surface area contributed by atoms with E-state index in [4.69, 9.17) is 28.4 Å². The second-order valence-corrected chi connectivity index (χ2v) is 10.9. The van der Waals surface area contributed by atoms with E-state index in [-0.39, 0.29) is 30.8 Å². The molecule has 2 unspecified atom stereocenters. The molecule has 224 valence electrons. The summed E-state index contributed by atoms with van der Waals surface area (Å²) >= 11 is 0. The number of methoxy groups -OCH3 is 2. The van der Waals surface area contributed by atoms with Gasteiger partial charge in [0.05, 0.1) is 44.2 Å². The van der Waals surface area contributed by atoms with Crippen molar-refractivity contribution in [1.29, 1.82) is 0 Å². The van der Waals surface area contributed by atoms with Gasteiger partial charge < -0.3 is 38.8 Å². The first-order valence-corrected chi connectivity index (χ1v) is 14.7. The molecule has 5 atom stereocenters. The molecule has 2 fully saturated rings. The molecule has 2 heterocycles. The number of rotatable bonds is 16. The summed E-state index contributed by atoms with van der Waals surface area (Å²) in [6.07, 6.45) is 6.32. The molecule has 1 aromatic rings. The van der Waals surface area contributed by atoms with Crippen molar-refractivity contribution in [3.05, 3.63) is 53.3 Å². The van der Waals surface area contributed by atoms with E-state index in [9.17, 15) is 5.11 Å². The molecule has 0 saturated carbocycles. The molecule has 0 spiro atoms. The predicted octanol–water partition coefficient (Wildman–Crippen LogP) is 2.89. The lowest BCUT2D eigenvalue weighted by Crippen LogP contribution is -2.51. The molecule has 0 radical (unpaired) electrons. The Balaban J connectivity index is 1.41. The lowest BCUT2D eigenvalue weighted by Gasteiger charge is -2.41. The molecule has 1 aromatic carbocycles. The predicted molar refractivity (Wildman–Crippen MR) is 154 cm³/mol. The van der Waals surface area contributed by atoms with Gasteiger partial charge in [-0.15, -0.1) is 0 Å². The Morgan fingerprint density at radius 2 is 1.75 bits per heavy atom. The van der Waals surface area contributed by atoms with Gasteiger partial charge in [0.2, 0.25) is 0 Å². The van der Waals surface area contributed by atoms with Crippen LogP contribution in [0.15, 0.2) is 47.7 Å². The van der Waals surface area contributed by atoms with Crippen LogP contribution in [0.4, 0.5) is 0 Å². The minimum atomic E-state index is -0.525. The van der Waals surface area contributed by atoms with Crippen molar-refractivity contribution in [2.24, 2.45) is 0 Å². The number of hydrogen-bond donors (Lipinski definition) is 2. The number of allylic oxidation sites excluding steroid dienone is 2. The molecule has 0 bridgehead atoms. The van der Waals surface area contributed by atoms with Crippen molar-refractivity contribution in [2.75, 3.05) is 80.0 Å². The molecule has 2 aliphatic heterocycles. The van der Waals surface area contributed by atoms with Crippen LogP contribution in [0.25, 0.3) is 0 Å². The summed E-state index contributed by atoms with van der Waals surface area (Å²) in [7, 11) is 3.45. The van der Waals surface area contributed by atoms with Crippen molar-refractivity contribution in [2.45, 2.75) is 56.5 Å². The van der Waals surface area contributed by atoms with Crippen molar-refractivity contribution < 1.29 is 33.5 Å². The second kappa shape index (κ2) is 16.5. The largest absolute Gasteiger partial charge is 0.495 e. The molecule has 0 aromatic heterocycles. The van der Waals surface area contributed by atoms with Gasteiger partial charge in [-0.2, -0.15) is 0 Å². The van der Waals surface area contributed by atoms with Crippen LogP contribution in [-0.4, -0.2) is 114 Å². The molecular weight excluding hydrogens is 512 g/mol. The van der Waals surface area contributed by atoms with Crippen LogP contribution in [-0.2, 0) is 23.7 Å². The number of morpholine rings is 1. The highest BCUT2D eigenvalue weighted by molar-refractivity contribution is 5.32. The van der Waals surface area contributed by atoms with Gasteiger partial charge >= 0.3 is 0 Å². The normalized spacial score (nSPS) is 25.9. The number of nitrogens with zero attached hydrogens (tertiary/aromatic N) is 1. The second-order valence-electron chi connectivity index (χ2n) is 10.9. The standard InChI is InChI=1S/C31H48N2O7/c1-23(34)21-39-29-19-32-20-30(31(29)25-7-9-26(10-8-25)37-16-5-15-36-3)40-22-24-6-11-28-27(18-24)33(13-17-38-28)12-4-14-35-2/h6-11,23,27,29-32,34H,4-5,12-22H2,1-3H3/t23-,27?,29-,30+,31?/m1/s1. The molecule has 9 heteroatoms. The summed E-state index contributed by atoms with van der Waals surface area (Å²) < 4.78 is 35.1. The SMILES string of the molecule is COCCCOc1ccc(C2[C@@H](OCC3=CC=C4OCCN(CCCOC)C4C3)CNC[C@H]2OC[C@@H](C)O)cc1. The Morgan fingerprint density at radius 3 is 2.50 bits per heavy atom. The summed E-state index contributed by atoms with van der Waals surface area (Å²) in [6.45, 7) is 8.76. The average Bonchev–Trinajstić information content (AvgIpc) is 2.98. The summed E-state index contributed by atoms with van der Waals surface area (Å²) in [4.78, 5) is 2.51. The van der Waals surface area contributed by atoms with Crippen LogP contribution in [0.2, 0.25) is 0 Å². The van der Waals surface area contributed by atoms with E-state index in [1.807, 2.05) is 12.1 Å². The van der Waals surface area contributed by atoms with E-state index >= 15 is 0 Å². The average molecular weight is 561 g/mol. The van der Waals surface area contributed by atoms with Crippen molar-refractivity contribution >= 4 is 0 Å². The first-order valence-electron chi connectivity index (χ1n) is 14.7. The molecule has 40 heavy (non-hydrogen) atoms. The Bertz CT molecular complexity index is 936. The van der Waals surface area contributed by atoms with E-state index in [1.54, 1.807) is 21.1 Å². The van der Waals surface area contributed by atoms with Gasteiger partial charge in [0, 0.05) is 66.0 Å². The molecule has 1 aliphatic carbocycles. The molecule has 4 rings (SSSR count). The number of hydrogen-bond acceptors (Lipinski definition) is 9. The minimum absolute atomic E-state index is 0.0291. The fourth-order valence-electron chi connectivity index (χ4n) is 5.68. The van der Waals surface area contributed by atoms with Crippen LogP contribution < -0.4 is 10.1 Å². The maximum atomic E-state index is 9.88. The number of piperidine rings is 1. The van der Waals surface area contributed by atoms with Crippen molar-refractivity contribution in [3.63, 3.8) is 0 Å². The van der Waals surface area contributed by atoms with Crippen LogP contribution >= 0.6 is 0 Å². The number of benzene rings is 1. The van der Waals surface area contributed by atoms with Crippen LogP contribution in [0, 0.1) is 0 Å². The highest BCUT2D eigenvalue weighted by Crippen LogP contribution is 2.33. The molecular formula is C31H48N2O7. The fraction of sp³-hybridized carbons (Fsp3) is 0.677. The molecule has 9 nitrogen and oxygen atoms in total. The van der Waals surface area contributed by atoms with Crippen molar-refractivity contribution in [1.82, 2.24) is 10.2 Å². The van der Waals surface area contributed by atoms with Gasteiger partial charge in [-0.1, -0.05) is 18.2 Å². The lowest BCUT2D eigenvalue weighted by atomic mass is 9.85. The van der Waals surface area contributed by atoms with Gasteiger partial charge in [-0.05, 0) is 49.1 Å². The third-order valence-electron chi connectivity index (χ3n) is 7.70. The van der Waals surface area contributed by atoms with E-state index in [2.05, 4.69) is 34.5 Å². The van der Waals surface area contributed by atoms with Gasteiger partial charge in [-0.25, -0.2) is 0 Å². The van der Waals surface area contributed by atoms with Gasteiger partial charge in [0.1, 0.15) is 18.1 Å². The highest BCUT2D eigenvalue weighted by Gasteiger charge is 2.37. The lowest BCUT2D eigenvalue weighted by molar-refractivity contribution is -0.0681. The smallest absolute Gasteiger partial charge is 0.119 e. The van der Waals surface area contributed by atoms with Crippen LogP contribution in [0.3, 0.4) is 0 Å². The molecule has 2 N–H and O–H groups in total. The summed E-state index contributed by atoms with van der Waals surface area (Å²) in [5.41, 5.74) is 2.41. The zero-order chi connectivity index (χ0) is 28.2. The van der Waals surface area contributed by atoms with Crippen LogP contribution in [0.5, 0.6) is 5.75 Å². The Hall–Kier alpha value is -1.98. The van der Waals surface area contributed by atoms with Gasteiger partial charge in [-0.3, -0.25) is 4.90 Å². The summed E-state index contributed by atoms with van der Waals surface area (Å²) in [6, 6.07) is 8.52. The topological polar surface area (TPSA) is 90.9 Å². The maximum Gasteiger partial charge on any atom is 0.119 e. The van der Waals surface area contributed by atoms with E-state index in [1.165, 1.54) is 5.57 Å². The van der Waals surface area contributed by atoms with E-state index in [0.29, 0.717) is 26.4 Å². The molecule has 2 saturated heterocycles. The number of ether oxygens (including phenoxy) is 6. The Kier molecular flexibility index (Phi) is 12.7. The van der Waals surface area contributed by atoms with E-state index < -0.39 is 6.10 Å². The summed E-state index contributed by atoms with van der Waals surface area (Å²) in [5, 5.41) is 13.4. The number of nitrogens with one attached hydrogen (secondary N) is 1. The third kappa shape index (κ3) is 9.01. The zero-order valence-corrected chi connectivity index (χ0v) is 24.4. The van der Waals surface area contributed by atoms with Gasteiger partial charge in [0.15, 0.2) is 0 Å². The number of aliphatic hydroxyl groups is 1. The number of aliphatic hydroxyl groups excluding tert-OH is 1. The van der Waals surface area contributed by atoms with Crippen molar-refractivity contribution in [3.8, 4) is 5.75 Å². The quantitative estimate of drug-likeness (QED) is 0.296. The highest BCUT2D eigenvalue weighted by atomic mass is 16.5. The fourth-order valence-corrected chi connectivity index (χ4v) is 5.68. The summed E-state index contributed by atoms with van der Waals surface area (Å²) in [5.74, 6) is 1.93. The monoisotopic (exact) mass is 560 g/mol. The van der Waals surface area contributed by atoms with Gasteiger partial charge in [0.25, 0.3) is 0 Å².